The van der Waals surface area contributed by atoms with Crippen LogP contribution in [0, 0.1) is 0 Å². The molecule has 0 saturated carbocycles. The van der Waals surface area contributed by atoms with Gasteiger partial charge in [0.1, 0.15) is 71.3 Å². The minimum atomic E-state index is -1.06. The van der Waals surface area contributed by atoms with Gasteiger partial charge >= 0.3 is 0 Å². The van der Waals surface area contributed by atoms with Crippen LogP contribution in [0.5, 0.6) is 0 Å². The molecule has 0 aliphatic carbocycles. The lowest BCUT2D eigenvalue weighted by Gasteiger charge is -2.15. The SMILES string of the molecule is O[C@@H]1COC(c2c(Cl)nc3c(Cl)c(Cl)ccn23)[C@@H]1O.O[C@@H]1COC(c2c(Cl)nc3cc(Cl)c(Cl)cn23)[C@@H]1O.O[C@@H]1COC(c2c(Cl)nc3cc(Cl)ccn23)[C@@H]1O. The number of fused-ring (bicyclic) bond motifs is 3. The molecule has 6 aromatic heterocycles. The number of aromatic nitrogens is 6. The van der Waals surface area contributed by atoms with Gasteiger partial charge in [-0.3, -0.25) is 13.2 Å². The largest absolute Gasteiger partial charge is 0.388 e. The molecule has 0 bridgehead atoms. The van der Waals surface area contributed by atoms with Gasteiger partial charge < -0.3 is 44.8 Å². The van der Waals surface area contributed by atoms with Crippen LogP contribution < -0.4 is 0 Å². The Morgan fingerprint density at radius 2 is 0.964 bits per heavy atom. The van der Waals surface area contributed by atoms with E-state index < -0.39 is 54.9 Å². The summed E-state index contributed by atoms with van der Waals surface area (Å²) in [5, 5.41) is 60.7. The zero-order valence-electron chi connectivity index (χ0n) is 28.0. The van der Waals surface area contributed by atoms with Crippen LogP contribution in [0.3, 0.4) is 0 Å². The predicted molar refractivity (Wildman–Crippen MR) is 208 cm³/mol. The normalized spacial score (nSPS) is 27.6. The zero-order valence-corrected chi connectivity index (χ0v) is 34.0. The number of imidazole rings is 3. The molecule has 3 unspecified atom stereocenters. The molecule has 0 aromatic carbocycles. The van der Waals surface area contributed by atoms with Gasteiger partial charge in [-0.15, -0.1) is 0 Å². The molecule has 0 radical (unpaired) electrons. The average molecular weight is 936 g/mol. The molecular formula is C33H28Cl8N6O9. The molecule has 3 aliphatic heterocycles. The van der Waals surface area contributed by atoms with Crippen molar-refractivity contribution in [3.63, 3.8) is 0 Å². The zero-order chi connectivity index (χ0) is 40.3. The van der Waals surface area contributed by atoms with E-state index in [1.54, 1.807) is 56.1 Å². The molecular weight excluding hydrogens is 908 g/mol. The topological polar surface area (TPSA) is 201 Å². The lowest BCUT2D eigenvalue weighted by Crippen LogP contribution is -2.25. The first kappa shape index (κ1) is 42.2. The van der Waals surface area contributed by atoms with E-state index in [9.17, 15) is 30.6 Å². The first-order valence-corrected chi connectivity index (χ1v) is 19.4. The van der Waals surface area contributed by atoms with Gasteiger partial charge in [0, 0.05) is 35.7 Å². The minimum Gasteiger partial charge on any atom is -0.388 e. The molecule has 0 amide bonds. The summed E-state index contributed by atoms with van der Waals surface area (Å²) in [5.74, 6) is 0. The highest BCUT2D eigenvalue weighted by molar-refractivity contribution is 6.44. The van der Waals surface area contributed by atoms with Crippen molar-refractivity contribution in [3.05, 3.63) is 101 Å². The van der Waals surface area contributed by atoms with E-state index in [0.29, 0.717) is 54.1 Å². The Kier molecular flexibility index (Phi) is 12.8. The quantitative estimate of drug-likeness (QED) is 0.128. The van der Waals surface area contributed by atoms with Crippen molar-refractivity contribution in [2.45, 2.75) is 54.9 Å². The summed E-state index contributed by atoms with van der Waals surface area (Å²) in [6.45, 7) is 0.149. The van der Waals surface area contributed by atoms with E-state index in [4.69, 9.17) is 107 Å². The summed E-state index contributed by atoms with van der Waals surface area (Å²) in [4.78, 5) is 12.4. The van der Waals surface area contributed by atoms with Gasteiger partial charge in [0.2, 0.25) is 0 Å². The van der Waals surface area contributed by atoms with Crippen LogP contribution in [-0.2, 0) is 14.2 Å². The second kappa shape index (κ2) is 17.0. The van der Waals surface area contributed by atoms with Crippen LogP contribution in [0.2, 0.25) is 40.6 Å². The van der Waals surface area contributed by atoms with Crippen LogP contribution in [-0.4, -0.2) is 115 Å². The first-order chi connectivity index (χ1) is 26.6. The van der Waals surface area contributed by atoms with E-state index in [2.05, 4.69) is 15.0 Å². The molecule has 6 N–H and O–H groups in total. The number of ether oxygens (including phenoxy) is 3. The fourth-order valence-electron chi connectivity index (χ4n) is 6.37. The third-order valence-corrected chi connectivity index (χ3v) is 11.7. The van der Waals surface area contributed by atoms with Crippen molar-refractivity contribution in [1.29, 1.82) is 0 Å². The highest BCUT2D eigenvalue weighted by Gasteiger charge is 2.41. The maximum absolute atomic E-state index is 9.90. The third kappa shape index (κ3) is 7.89. The number of nitrogens with zero attached hydrogens (tertiary/aromatic N) is 6. The first-order valence-electron chi connectivity index (χ1n) is 16.4. The minimum absolute atomic E-state index is 0.0384. The van der Waals surface area contributed by atoms with Gasteiger partial charge in [0.25, 0.3) is 0 Å². The van der Waals surface area contributed by atoms with Crippen molar-refractivity contribution < 1.29 is 44.8 Å². The summed E-state index contributed by atoms with van der Waals surface area (Å²) in [5.41, 5.74) is 2.85. The number of pyridine rings is 3. The Bertz CT molecular complexity index is 2390. The average Bonchev–Trinajstić information content (AvgIpc) is 3.98. The van der Waals surface area contributed by atoms with Gasteiger partial charge in [-0.2, -0.15) is 0 Å². The van der Waals surface area contributed by atoms with Crippen LogP contribution in [0.15, 0.2) is 42.9 Å². The number of aliphatic hydroxyl groups excluding tert-OH is 6. The summed E-state index contributed by atoms with van der Waals surface area (Å²) in [6.07, 6.45) is -3.27. The summed E-state index contributed by atoms with van der Waals surface area (Å²) >= 11 is 47.9. The molecule has 15 nitrogen and oxygen atoms in total. The van der Waals surface area contributed by atoms with Gasteiger partial charge in [-0.05, 0) is 12.1 Å². The van der Waals surface area contributed by atoms with Crippen molar-refractivity contribution in [3.8, 4) is 0 Å². The van der Waals surface area contributed by atoms with Gasteiger partial charge in [0.15, 0.2) is 21.1 Å². The van der Waals surface area contributed by atoms with E-state index in [0.717, 1.165) is 0 Å². The Balaban J connectivity index is 0.000000129. The third-order valence-electron chi connectivity index (χ3n) is 9.18. The fraction of sp³-hybridized carbons (Fsp3) is 0.364. The van der Waals surface area contributed by atoms with Crippen molar-refractivity contribution in [2.75, 3.05) is 19.8 Å². The molecule has 300 valence electrons. The maximum atomic E-state index is 9.90. The summed E-state index contributed by atoms with van der Waals surface area (Å²) < 4.78 is 21.0. The number of halogens is 8. The van der Waals surface area contributed by atoms with Crippen molar-refractivity contribution in [1.82, 2.24) is 28.2 Å². The Labute approximate surface area is 355 Å². The van der Waals surface area contributed by atoms with Crippen LogP contribution in [0.25, 0.3) is 16.9 Å². The van der Waals surface area contributed by atoms with Crippen LogP contribution in [0.4, 0.5) is 0 Å². The molecule has 56 heavy (non-hydrogen) atoms. The molecule has 3 fully saturated rings. The molecule has 23 heteroatoms. The van der Waals surface area contributed by atoms with Gasteiger partial charge in [-0.25, -0.2) is 15.0 Å². The summed E-state index contributed by atoms with van der Waals surface area (Å²) in [7, 11) is 0. The lowest BCUT2D eigenvalue weighted by atomic mass is 10.1. The summed E-state index contributed by atoms with van der Waals surface area (Å²) in [6, 6.07) is 6.51. The Morgan fingerprint density at radius 1 is 0.518 bits per heavy atom. The van der Waals surface area contributed by atoms with E-state index >= 15 is 0 Å². The number of rotatable bonds is 3. The van der Waals surface area contributed by atoms with E-state index in [-0.39, 0.29) is 40.3 Å². The van der Waals surface area contributed by atoms with Crippen molar-refractivity contribution in [2.24, 2.45) is 0 Å². The van der Waals surface area contributed by atoms with Gasteiger partial charge in [0.05, 0.1) is 52.0 Å². The standard InChI is InChI=1S/2C11H9Cl3N2O3.C11H10Cl2N2O3/c12-4-1-7-15-11(14)8(16(7)2-5(4)13)10-9(18)6(17)3-19-10;12-4-1-2-16-7(9-8(18)5(17)3-19-9)10(14)15-11(16)6(4)13;12-5-1-2-15-7(3-5)14-11(13)8(15)10-9(17)6(16)4-18-10/h1-2,6,9-10,17-18H,3H2;1-2,5,8-9,17-18H,3H2;1-3,6,9-10,16-17H,4H2/t6-,9-,10?;5-,8-,9?;6-,9-,10?/m111/s1. The van der Waals surface area contributed by atoms with Crippen LogP contribution in [0.1, 0.15) is 35.4 Å². The Hall–Kier alpha value is -1.97. The molecule has 9 atom stereocenters. The number of aliphatic hydroxyl groups is 6. The van der Waals surface area contributed by atoms with Crippen molar-refractivity contribution >= 4 is 110 Å². The highest BCUT2D eigenvalue weighted by Crippen LogP contribution is 2.39. The maximum Gasteiger partial charge on any atom is 0.159 e. The fourth-order valence-corrected chi connectivity index (χ4v) is 8.01. The second-order valence-corrected chi connectivity index (χ2v) is 15.9. The monoisotopic (exact) mass is 932 g/mol. The molecule has 9 rings (SSSR count). The van der Waals surface area contributed by atoms with Crippen LogP contribution >= 0.6 is 92.8 Å². The van der Waals surface area contributed by atoms with E-state index in [1.807, 2.05) is 0 Å². The molecule has 0 spiro atoms. The Morgan fingerprint density at radius 3 is 1.46 bits per heavy atom. The van der Waals surface area contributed by atoms with E-state index in [1.165, 1.54) is 0 Å². The molecule has 6 aromatic rings. The smallest absolute Gasteiger partial charge is 0.159 e. The molecule has 9 heterocycles. The second-order valence-electron chi connectivity index (χ2n) is 12.7. The highest BCUT2D eigenvalue weighted by atomic mass is 35.5. The molecule has 3 saturated heterocycles. The number of hydrogen-bond acceptors (Lipinski definition) is 12. The number of hydrogen-bond donors (Lipinski definition) is 6. The molecule has 3 aliphatic rings. The lowest BCUT2D eigenvalue weighted by molar-refractivity contribution is 0.0202. The predicted octanol–water partition coefficient (Wildman–Crippen LogP) is 5.61. The van der Waals surface area contributed by atoms with Gasteiger partial charge in [-0.1, -0.05) is 92.8 Å².